The Hall–Kier alpha value is -1.95. The normalized spacial score (nSPS) is 10.3. The fourth-order valence-corrected chi connectivity index (χ4v) is 1.53. The van der Waals surface area contributed by atoms with Crippen molar-refractivity contribution in [2.24, 2.45) is 0 Å². The standard InChI is InChI=1S/C10H7ClFN3O2/c1-17-10-3-8(12)9(2-7(10)11)15-4-6(5-16)13-14-15/h2-5H,1H3. The smallest absolute Gasteiger partial charge is 0.171 e. The minimum atomic E-state index is -0.575. The van der Waals surface area contributed by atoms with Crippen LogP contribution < -0.4 is 4.74 Å². The Morgan fingerprint density at radius 3 is 2.88 bits per heavy atom. The summed E-state index contributed by atoms with van der Waals surface area (Å²) >= 11 is 5.87. The topological polar surface area (TPSA) is 57.0 Å². The SMILES string of the molecule is COc1cc(F)c(-n2cc(C=O)nn2)cc1Cl. The monoisotopic (exact) mass is 255 g/mol. The van der Waals surface area contributed by atoms with Gasteiger partial charge < -0.3 is 4.74 Å². The molecule has 0 radical (unpaired) electrons. The highest BCUT2D eigenvalue weighted by atomic mass is 35.5. The molecule has 17 heavy (non-hydrogen) atoms. The van der Waals surface area contributed by atoms with Crippen LogP contribution in [0.2, 0.25) is 5.02 Å². The Bertz CT molecular complexity index is 571. The van der Waals surface area contributed by atoms with Gasteiger partial charge in [0.1, 0.15) is 17.1 Å². The van der Waals surface area contributed by atoms with Crippen LogP contribution in [0.5, 0.6) is 5.75 Å². The van der Waals surface area contributed by atoms with Crippen LogP contribution in [0.3, 0.4) is 0 Å². The summed E-state index contributed by atoms with van der Waals surface area (Å²) in [4.78, 5) is 10.4. The quantitative estimate of drug-likeness (QED) is 0.786. The zero-order valence-corrected chi connectivity index (χ0v) is 9.48. The molecule has 0 saturated carbocycles. The second-order valence-electron chi connectivity index (χ2n) is 3.14. The van der Waals surface area contributed by atoms with Crippen molar-refractivity contribution in [1.29, 1.82) is 0 Å². The molecule has 2 aromatic rings. The number of ether oxygens (including phenoxy) is 1. The van der Waals surface area contributed by atoms with Crippen molar-refractivity contribution >= 4 is 17.9 Å². The van der Waals surface area contributed by atoms with E-state index in [1.807, 2.05) is 0 Å². The summed E-state index contributed by atoms with van der Waals surface area (Å²) in [5.41, 5.74) is 0.202. The van der Waals surface area contributed by atoms with Crippen LogP contribution in [-0.2, 0) is 0 Å². The molecular formula is C10H7ClFN3O2. The van der Waals surface area contributed by atoms with Crippen molar-refractivity contribution in [3.05, 3.63) is 34.9 Å². The summed E-state index contributed by atoms with van der Waals surface area (Å²) in [6.45, 7) is 0. The Morgan fingerprint density at radius 1 is 1.53 bits per heavy atom. The summed E-state index contributed by atoms with van der Waals surface area (Å²) in [6, 6.07) is 2.49. The molecule has 1 aromatic carbocycles. The number of halogens is 2. The van der Waals surface area contributed by atoms with E-state index in [2.05, 4.69) is 10.3 Å². The molecule has 0 atom stereocenters. The molecule has 0 aliphatic rings. The van der Waals surface area contributed by atoms with Crippen molar-refractivity contribution < 1.29 is 13.9 Å². The van der Waals surface area contributed by atoms with Crippen molar-refractivity contribution in [2.45, 2.75) is 0 Å². The van der Waals surface area contributed by atoms with Crippen LogP contribution >= 0.6 is 11.6 Å². The van der Waals surface area contributed by atoms with Crippen LogP contribution in [0.25, 0.3) is 5.69 Å². The molecule has 5 nitrogen and oxygen atoms in total. The van der Waals surface area contributed by atoms with E-state index in [9.17, 15) is 9.18 Å². The molecule has 0 aliphatic heterocycles. The number of hydrogen-bond acceptors (Lipinski definition) is 4. The van der Waals surface area contributed by atoms with Gasteiger partial charge in [0, 0.05) is 6.07 Å². The van der Waals surface area contributed by atoms with Crippen LogP contribution in [0.15, 0.2) is 18.3 Å². The van der Waals surface area contributed by atoms with Gasteiger partial charge in [-0.1, -0.05) is 16.8 Å². The lowest BCUT2D eigenvalue weighted by Gasteiger charge is -2.07. The van der Waals surface area contributed by atoms with E-state index in [-0.39, 0.29) is 22.2 Å². The second-order valence-corrected chi connectivity index (χ2v) is 3.55. The van der Waals surface area contributed by atoms with Gasteiger partial charge in [-0.2, -0.15) is 0 Å². The molecule has 0 fully saturated rings. The van der Waals surface area contributed by atoms with Crippen LogP contribution in [0.1, 0.15) is 10.5 Å². The summed E-state index contributed by atoms with van der Waals surface area (Å²) < 4.78 is 19.7. The summed E-state index contributed by atoms with van der Waals surface area (Å²) in [5.74, 6) is -0.350. The van der Waals surface area contributed by atoms with Gasteiger partial charge in [0.2, 0.25) is 0 Å². The molecule has 0 bridgehead atoms. The lowest BCUT2D eigenvalue weighted by atomic mass is 10.3. The van der Waals surface area contributed by atoms with E-state index in [1.54, 1.807) is 0 Å². The maximum atomic E-state index is 13.7. The molecule has 1 aromatic heterocycles. The summed E-state index contributed by atoms with van der Waals surface area (Å²) in [6.07, 6.45) is 1.82. The zero-order chi connectivity index (χ0) is 12.4. The number of hydrogen-bond donors (Lipinski definition) is 0. The molecule has 0 spiro atoms. The summed E-state index contributed by atoms with van der Waals surface area (Å²) in [7, 11) is 1.39. The number of aldehydes is 1. The first-order valence-corrected chi connectivity index (χ1v) is 4.94. The Morgan fingerprint density at radius 2 is 2.29 bits per heavy atom. The van der Waals surface area contributed by atoms with Gasteiger partial charge in [0.25, 0.3) is 0 Å². The van der Waals surface area contributed by atoms with Gasteiger partial charge >= 0.3 is 0 Å². The molecule has 88 valence electrons. The van der Waals surface area contributed by atoms with E-state index in [0.717, 1.165) is 10.7 Å². The van der Waals surface area contributed by atoms with E-state index in [1.165, 1.54) is 19.4 Å². The first-order valence-electron chi connectivity index (χ1n) is 4.56. The van der Waals surface area contributed by atoms with Crippen LogP contribution in [0, 0.1) is 5.82 Å². The molecule has 0 N–H and O–H groups in total. The largest absolute Gasteiger partial charge is 0.495 e. The Balaban J connectivity index is 2.52. The Labute approximate surface area is 101 Å². The molecule has 1 heterocycles. The fraction of sp³-hybridized carbons (Fsp3) is 0.100. The van der Waals surface area contributed by atoms with Gasteiger partial charge in [-0.25, -0.2) is 9.07 Å². The highest BCUT2D eigenvalue weighted by molar-refractivity contribution is 6.32. The molecule has 2 rings (SSSR count). The van der Waals surface area contributed by atoms with E-state index >= 15 is 0 Å². The minimum Gasteiger partial charge on any atom is -0.495 e. The molecule has 0 amide bonds. The number of aromatic nitrogens is 3. The van der Waals surface area contributed by atoms with Gasteiger partial charge in [0.05, 0.1) is 18.3 Å². The number of carbonyl (C=O) groups is 1. The van der Waals surface area contributed by atoms with Gasteiger partial charge in [-0.3, -0.25) is 4.79 Å². The number of benzene rings is 1. The highest BCUT2D eigenvalue weighted by Crippen LogP contribution is 2.28. The summed E-state index contributed by atoms with van der Waals surface area (Å²) in [5, 5.41) is 7.38. The van der Waals surface area contributed by atoms with Gasteiger partial charge in [0.15, 0.2) is 12.1 Å². The number of nitrogens with zero attached hydrogens (tertiary/aromatic N) is 3. The molecule has 7 heteroatoms. The predicted molar refractivity (Wildman–Crippen MR) is 58.3 cm³/mol. The third-order valence-electron chi connectivity index (χ3n) is 2.10. The third kappa shape index (κ3) is 2.12. The lowest BCUT2D eigenvalue weighted by molar-refractivity contribution is 0.111. The molecule has 0 saturated heterocycles. The molecular weight excluding hydrogens is 249 g/mol. The van der Waals surface area contributed by atoms with Gasteiger partial charge in [-0.05, 0) is 6.07 Å². The average molecular weight is 256 g/mol. The van der Waals surface area contributed by atoms with Crippen molar-refractivity contribution in [3.63, 3.8) is 0 Å². The third-order valence-corrected chi connectivity index (χ3v) is 2.40. The van der Waals surface area contributed by atoms with Crippen LogP contribution in [-0.4, -0.2) is 28.4 Å². The van der Waals surface area contributed by atoms with Crippen molar-refractivity contribution in [3.8, 4) is 11.4 Å². The first kappa shape index (κ1) is 11.5. The van der Waals surface area contributed by atoms with Crippen LogP contribution in [0.4, 0.5) is 4.39 Å². The van der Waals surface area contributed by atoms with Crippen molar-refractivity contribution in [1.82, 2.24) is 15.0 Å². The second kappa shape index (κ2) is 4.50. The lowest BCUT2D eigenvalue weighted by Crippen LogP contribution is -1.99. The van der Waals surface area contributed by atoms with E-state index in [4.69, 9.17) is 16.3 Å². The maximum absolute atomic E-state index is 13.7. The van der Waals surface area contributed by atoms with E-state index in [0.29, 0.717) is 6.29 Å². The predicted octanol–water partition coefficient (Wildman–Crippen LogP) is 1.88. The highest BCUT2D eigenvalue weighted by Gasteiger charge is 2.12. The minimum absolute atomic E-state index is 0.0939. The molecule has 0 aliphatic carbocycles. The van der Waals surface area contributed by atoms with Crippen molar-refractivity contribution in [2.75, 3.05) is 7.11 Å². The maximum Gasteiger partial charge on any atom is 0.171 e. The zero-order valence-electron chi connectivity index (χ0n) is 8.72. The fourth-order valence-electron chi connectivity index (χ4n) is 1.30. The number of carbonyl (C=O) groups excluding carboxylic acids is 1. The Kier molecular flexibility index (Phi) is 3.06. The van der Waals surface area contributed by atoms with Gasteiger partial charge in [-0.15, -0.1) is 5.10 Å². The number of methoxy groups -OCH3 is 1. The average Bonchev–Trinajstić information content (AvgIpc) is 2.80. The first-order chi connectivity index (χ1) is 8.15. The van der Waals surface area contributed by atoms with E-state index < -0.39 is 5.82 Å². The molecule has 0 unspecified atom stereocenters. The number of rotatable bonds is 3.